The molecule has 0 heterocycles. The van der Waals surface area contributed by atoms with Crippen molar-refractivity contribution in [2.24, 2.45) is 5.41 Å². The third-order valence-corrected chi connectivity index (χ3v) is 5.57. The molecule has 5 nitrogen and oxygen atoms in total. The number of nitrogens with one attached hydrogen (secondary N) is 2. The lowest BCUT2D eigenvalue weighted by atomic mass is 9.95. The van der Waals surface area contributed by atoms with Crippen LogP contribution in [0.4, 0.5) is 11.4 Å². The van der Waals surface area contributed by atoms with Gasteiger partial charge in [-0.05, 0) is 48.9 Å². The predicted octanol–water partition coefficient (Wildman–Crippen LogP) is 4.54. The van der Waals surface area contributed by atoms with Gasteiger partial charge in [-0.25, -0.2) is 8.42 Å². The zero-order chi connectivity index (χ0) is 18.8. The highest BCUT2D eigenvalue weighted by Gasteiger charge is 2.23. The molecule has 2 rings (SSSR count). The van der Waals surface area contributed by atoms with Gasteiger partial charge in [0.15, 0.2) is 0 Å². The van der Waals surface area contributed by atoms with Gasteiger partial charge in [-0.2, -0.15) is 0 Å². The van der Waals surface area contributed by atoms with Crippen molar-refractivity contribution in [1.29, 1.82) is 0 Å². The van der Waals surface area contributed by atoms with Gasteiger partial charge >= 0.3 is 0 Å². The van der Waals surface area contributed by atoms with Crippen molar-refractivity contribution in [2.75, 3.05) is 10.0 Å². The number of amides is 1. The minimum atomic E-state index is -3.77. The Morgan fingerprint density at radius 2 is 1.56 bits per heavy atom. The molecule has 0 spiro atoms. The lowest BCUT2D eigenvalue weighted by Crippen LogP contribution is -2.27. The van der Waals surface area contributed by atoms with Crippen LogP contribution in [0.3, 0.4) is 0 Å². The molecule has 0 aliphatic rings. The first-order chi connectivity index (χ1) is 11.5. The number of carbonyl (C=O) groups is 1. The van der Waals surface area contributed by atoms with Crippen LogP contribution in [0.15, 0.2) is 51.8 Å². The maximum Gasteiger partial charge on any atom is 0.262 e. The third-order valence-electron chi connectivity index (χ3n) is 3.51. The van der Waals surface area contributed by atoms with Crippen LogP contribution in [0.5, 0.6) is 0 Å². The van der Waals surface area contributed by atoms with E-state index in [1.54, 1.807) is 64.1 Å². The van der Waals surface area contributed by atoms with Crippen molar-refractivity contribution in [1.82, 2.24) is 0 Å². The number of benzene rings is 2. The van der Waals surface area contributed by atoms with Crippen molar-refractivity contribution in [3.63, 3.8) is 0 Å². The highest BCUT2D eigenvalue weighted by Crippen LogP contribution is 2.25. The third kappa shape index (κ3) is 5.06. The fraction of sp³-hybridized carbons (Fsp3) is 0.278. The molecule has 0 saturated heterocycles. The molecule has 0 bridgehead atoms. The quantitative estimate of drug-likeness (QED) is 0.755. The van der Waals surface area contributed by atoms with E-state index in [1.165, 1.54) is 6.07 Å². The van der Waals surface area contributed by atoms with Gasteiger partial charge in [0, 0.05) is 21.3 Å². The van der Waals surface area contributed by atoms with Crippen molar-refractivity contribution in [2.45, 2.75) is 32.6 Å². The van der Waals surface area contributed by atoms with E-state index in [0.717, 1.165) is 4.47 Å². The van der Waals surface area contributed by atoms with E-state index < -0.39 is 15.4 Å². The molecule has 0 aromatic heterocycles. The van der Waals surface area contributed by atoms with Crippen LogP contribution in [0.1, 0.15) is 26.3 Å². The number of aryl methyl sites for hydroxylation is 1. The SMILES string of the molecule is Cc1ccc(NC(=O)C(C)(C)C)cc1S(=O)(=O)Nc1ccc(Br)cc1. The van der Waals surface area contributed by atoms with Crippen LogP contribution in [0.2, 0.25) is 0 Å². The Labute approximate surface area is 157 Å². The van der Waals surface area contributed by atoms with E-state index >= 15 is 0 Å². The van der Waals surface area contributed by atoms with Gasteiger partial charge < -0.3 is 5.32 Å². The van der Waals surface area contributed by atoms with Crippen LogP contribution in [-0.4, -0.2) is 14.3 Å². The highest BCUT2D eigenvalue weighted by molar-refractivity contribution is 9.10. The Balaban J connectivity index is 2.32. The standard InChI is InChI=1S/C18H21BrN2O3S/c1-12-5-8-15(20-17(22)18(2,3)4)11-16(12)25(23,24)21-14-9-6-13(19)7-10-14/h5-11,21H,1-4H3,(H,20,22). The van der Waals surface area contributed by atoms with E-state index in [4.69, 9.17) is 0 Å². The molecule has 2 aromatic carbocycles. The molecule has 2 aromatic rings. The van der Waals surface area contributed by atoms with Crippen LogP contribution in [0, 0.1) is 12.3 Å². The Hall–Kier alpha value is -1.86. The van der Waals surface area contributed by atoms with Gasteiger partial charge in [-0.1, -0.05) is 42.8 Å². The number of hydrogen-bond acceptors (Lipinski definition) is 3. The second-order valence-corrected chi connectivity index (χ2v) is 9.36. The Morgan fingerprint density at radius 1 is 1.00 bits per heavy atom. The molecule has 134 valence electrons. The van der Waals surface area contributed by atoms with E-state index in [9.17, 15) is 13.2 Å². The van der Waals surface area contributed by atoms with Gasteiger partial charge in [0.25, 0.3) is 10.0 Å². The van der Waals surface area contributed by atoms with Crippen molar-refractivity contribution < 1.29 is 13.2 Å². The number of sulfonamides is 1. The van der Waals surface area contributed by atoms with E-state index in [1.807, 2.05) is 0 Å². The predicted molar refractivity (Wildman–Crippen MR) is 104 cm³/mol. The first-order valence-corrected chi connectivity index (χ1v) is 9.97. The van der Waals surface area contributed by atoms with Crippen molar-refractivity contribution in [3.8, 4) is 0 Å². The Bertz CT molecular complexity index is 886. The number of hydrogen-bond donors (Lipinski definition) is 2. The van der Waals surface area contributed by atoms with Crippen LogP contribution in [-0.2, 0) is 14.8 Å². The largest absolute Gasteiger partial charge is 0.326 e. The summed E-state index contributed by atoms with van der Waals surface area (Å²) in [5, 5.41) is 2.76. The molecule has 0 saturated carbocycles. The van der Waals surface area contributed by atoms with Crippen LogP contribution in [0.25, 0.3) is 0 Å². The second kappa shape index (κ2) is 7.17. The maximum atomic E-state index is 12.7. The summed E-state index contributed by atoms with van der Waals surface area (Å²) in [6, 6.07) is 11.7. The monoisotopic (exact) mass is 424 g/mol. The van der Waals surface area contributed by atoms with Crippen LogP contribution >= 0.6 is 15.9 Å². The molecule has 0 atom stereocenters. The molecular formula is C18H21BrN2O3S. The normalized spacial score (nSPS) is 11.9. The molecular weight excluding hydrogens is 404 g/mol. The number of anilines is 2. The molecule has 0 aliphatic carbocycles. The summed E-state index contributed by atoms with van der Waals surface area (Å²) in [7, 11) is -3.77. The molecule has 0 radical (unpaired) electrons. The highest BCUT2D eigenvalue weighted by atomic mass is 79.9. The van der Waals surface area contributed by atoms with Gasteiger partial charge in [-0.3, -0.25) is 9.52 Å². The molecule has 25 heavy (non-hydrogen) atoms. The van der Waals surface area contributed by atoms with Gasteiger partial charge in [0.1, 0.15) is 0 Å². The zero-order valence-electron chi connectivity index (χ0n) is 14.6. The molecule has 0 aliphatic heterocycles. The summed E-state index contributed by atoms with van der Waals surface area (Å²) in [6.45, 7) is 7.10. The smallest absolute Gasteiger partial charge is 0.262 e. The molecule has 7 heteroatoms. The molecule has 2 N–H and O–H groups in total. The lowest BCUT2D eigenvalue weighted by Gasteiger charge is -2.18. The average Bonchev–Trinajstić information content (AvgIpc) is 2.50. The lowest BCUT2D eigenvalue weighted by molar-refractivity contribution is -0.123. The minimum Gasteiger partial charge on any atom is -0.326 e. The summed E-state index contributed by atoms with van der Waals surface area (Å²) < 4.78 is 28.8. The molecule has 0 fully saturated rings. The van der Waals surface area contributed by atoms with E-state index in [-0.39, 0.29) is 10.8 Å². The first-order valence-electron chi connectivity index (χ1n) is 7.69. The summed E-state index contributed by atoms with van der Waals surface area (Å²) in [5.74, 6) is -0.180. The molecule has 0 unspecified atom stereocenters. The Morgan fingerprint density at radius 3 is 2.12 bits per heavy atom. The topological polar surface area (TPSA) is 75.3 Å². The van der Waals surface area contributed by atoms with Gasteiger partial charge in [-0.15, -0.1) is 0 Å². The number of carbonyl (C=O) groups excluding carboxylic acids is 1. The average molecular weight is 425 g/mol. The summed E-state index contributed by atoms with van der Waals surface area (Å²) in [4.78, 5) is 12.2. The maximum absolute atomic E-state index is 12.7. The molecule has 1 amide bonds. The fourth-order valence-electron chi connectivity index (χ4n) is 2.01. The van der Waals surface area contributed by atoms with Crippen molar-refractivity contribution >= 4 is 43.2 Å². The number of halogens is 1. The second-order valence-electron chi connectivity index (χ2n) is 6.80. The van der Waals surface area contributed by atoms with Crippen LogP contribution < -0.4 is 10.0 Å². The van der Waals surface area contributed by atoms with Crippen molar-refractivity contribution in [3.05, 3.63) is 52.5 Å². The summed E-state index contributed by atoms with van der Waals surface area (Å²) in [5.41, 5.74) is 0.936. The first kappa shape index (κ1) is 19.5. The zero-order valence-corrected chi connectivity index (χ0v) is 17.0. The summed E-state index contributed by atoms with van der Waals surface area (Å²) in [6.07, 6.45) is 0. The van der Waals surface area contributed by atoms with Gasteiger partial charge in [0.05, 0.1) is 4.90 Å². The van der Waals surface area contributed by atoms with E-state index in [0.29, 0.717) is 16.9 Å². The number of rotatable bonds is 4. The summed E-state index contributed by atoms with van der Waals surface area (Å²) >= 11 is 3.31. The Kier molecular flexibility index (Phi) is 5.58. The minimum absolute atomic E-state index is 0.127. The fourth-order valence-corrected chi connectivity index (χ4v) is 3.61. The van der Waals surface area contributed by atoms with E-state index in [2.05, 4.69) is 26.0 Å². The van der Waals surface area contributed by atoms with Gasteiger partial charge in [0.2, 0.25) is 5.91 Å².